The molecule has 0 aliphatic carbocycles. The number of ether oxygens (including phenoxy) is 2. The summed E-state index contributed by atoms with van der Waals surface area (Å²) in [4.78, 5) is 30.9. The van der Waals surface area contributed by atoms with Gasteiger partial charge < -0.3 is 25.4 Å². The molecule has 4 N–H and O–H groups in total. The number of amides is 2. The third-order valence-corrected chi connectivity index (χ3v) is 9.49. The van der Waals surface area contributed by atoms with E-state index >= 15 is 0 Å². The van der Waals surface area contributed by atoms with Gasteiger partial charge in [0, 0.05) is 29.5 Å². The topological polar surface area (TPSA) is 153 Å². The number of sulfone groups is 1. The maximum Gasteiger partial charge on any atom is 0.411 e. The van der Waals surface area contributed by atoms with Crippen LogP contribution < -0.4 is 21.1 Å². The van der Waals surface area contributed by atoms with Crippen LogP contribution in [0.15, 0.2) is 71.8 Å². The molecule has 13 heteroatoms. The summed E-state index contributed by atoms with van der Waals surface area (Å²) in [7, 11) is -0.741. The van der Waals surface area contributed by atoms with Gasteiger partial charge in [-0.1, -0.05) is 6.92 Å². The number of aryl methyl sites for hydroxylation is 1. The first-order valence-corrected chi connectivity index (χ1v) is 16.6. The fourth-order valence-corrected chi connectivity index (χ4v) is 6.46. The molecule has 1 atom stereocenters. The molecule has 1 aliphatic heterocycles. The van der Waals surface area contributed by atoms with Crippen molar-refractivity contribution in [3.8, 4) is 18.6 Å². The minimum absolute atomic E-state index is 0.0402. The number of fused-ring (bicyclic) bond motifs is 1. The van der Waals surface area contributed by atoms with Gasteiger partial charge in [-0.25, -0.2) is 22.6 Å². The molecule has 0 spiro atoms. The van der Waals surface area contributed by atoms with Crippen LogP contribution in [0, 0.1) is 25.6 Å². The van der Waals surface area contributed by atoms with Crippen LogP contribution in [0.25, 0.3) is 10.8 Å². The van der Waals surface area contributed by atoms with Gasteiger partial charge in [0.25, 0.3) is 0 Å². The molecule has 1 aliphatic rings. The Bertz CT molecular complexity index is 1880. The van der Waals surface area contributed by atoms with Gasteiger partial charge in [0.2, 0.25) is 5.91 Å². The molecule has 0 saturated carbocycles. The zero-order valence-electron chi connectivity index (χ0n) is 27.3. The number of nitrogen functional groups attached to an aromatic ring is 1. The number of aromatic nitrogens is 1. The third kappa shape index (κ3) is 9.13. The van der Waals surface area contributed by atoms with Crippen molar-refractivity contribution in [1.82, 2.24) is 9.88 Å². The molecule has 11 nitrogen and oxygen atoms in total. The maximum absolute atomic E-state index is 13.3. The summed E-state index contributed by atoms with van der Waals surface area (Å²) < 4.78 is 47.7. The number of nitrogens with zero attached hydrogens (tertiary/aromatic N) is 2. The highest BCUT2D eigenvalue weighted by Crippen LogP contribution is 2.37. The van der Waals surface area contributed by atoms with Gasteiger partial charge in [-0.2, -0.15) is 0 Å². The molecule has 5 rings (SSSR count). The van der Waals surface area contributed by atoms with E-state index in [4.69, 9.17) is 10.5 Å². The zero-order valence-corrected chi connectivity index (χ0v) is 28.1. The number of hydrogen-bond donors (Lipinski definition) is 3. The van der Waals surface area contributed by atoms with Crippen LogP contribution in [0.4, 0.5) is 26.4 Å². The number of benzene rings is 3. The molecule has 48 heavy (non-hydrogen) atoms. The maximum atomic E-state index is 13.3. The number of terminal acetylenes is 1. The standard InChI is InChI=1S/C25H29N5O5S.C8H9FO.C2H2/c1-3-36(33,34)22-9-7-18(29-25(32)35-2)14-20(22)21-5-4-12-30(21)23(31)15-28-17-6-8-19-16(13-17)10-11-27-24(19)26;1-6-5-7(9)3-4-8(6)10-2;1-2/h6-11,13-14,21,28H,3-5,12,15H2,1-2H3,(H2,26,27)(H,29,32);3-5H,1-2H3;1-2H/t21-;;/m1../s1. The van der Waals surface area contributed by atoms with Crippen LogP contribution in [0.5, 0.6) is 5.75 Å². The first-order valence-electron chi connectivity index (χ1n) is 15.0. The molecule has 3 aromatic carbocycles. The predicted octanol–water partition coefficient (Wildman–Crippen LogP) is 5.96. The molecule has 0 radical (unpaired) electrons. The predicted molar refractivity (Wildman–Crippen MR) is 186 cm³/mol. The molecule has 2 heterocycles. The van der Waals surface area contributed by atoms with Crippen molar-refractivity contribution in [2.75, 3.05) is 49.4 Å². The summed E-state index contributed by atoms with van der Waals surface area (Å²) in [5.74, 6) is 0.711. The number of carbonyl (C=O) groups is 2. The fourth-order valence-electron chi connectivity index (χ4n) is 5.32. The van der Waals surface area contributed by atoms with Crippen LogP contribution in [-0.2, 0) is 19.4 Å². The number of carbonyl (C=O) groups excluding carboxylic acids is 2. The monoisotopic (exact) mass is 677 g/mol. The Kier molecular flexibility index (Phi) is 13.1. The van der Waals surface area contributed by atoms with Gasteiger partial charge in [0.15, 0.2) is 9.84 Å². The lowest BCUT2D eigenvalue weighted by Crippen LogP contribution is -2.35. The fraction of sp³-hybridized carbons (Fsp3) is 0.286. The molecular weight excluding hydrogens is 637 g/mol. The van der Waals surface area contributed by atoms with Crippen molar-refractivity contribution in [1.29, 1.82) is 0 Å². The van der Waals surface area contributed by atoms with Crippen LogP contribution in [0.1, 0.15) is 36.9 Å². The highest BCUT2D eigenvalue weighted by atomic mass is 32.2. The van der Waals surface area contributed by atoms with E-state index < -0.39 is 22.0 Å². The van der Waals surface area contributed by atoms with Crippen molar-refractivity contribution in [2.24, 2.45) is 0 Å². The minimum atomic E-state index is -3.56. The van der Waals surface area contributed by atoms with Crippen LogP contribution >= 0.6 is 0 Å². The molecular formula is C35H40FN5O6S. The Morgan fingerprint density at radius 1 is 1.06 bits per heavy atom. The van der Waals surface area contributed by atoms with Crippen LogP contribution in [0.2, 0.25) is 0 Å². The number of likely N-dealkylation sites (tertiary alicyclic amines) is 1. The molecule has 4 aromatic rings. The molecule has 1 saturated heterocycles. The van der Waals surface area contributed by atoms with E-state index in [2.05, 4.69) is 33.2 Å². The smallest absolute Gasteiger partial charge is 0.411 e. The molecule has 2 amide bonds. The molecule has 0 bridgehead atoms. The van der Waals surface area contributed by atoms with E-state index in [0.717, 1.165) is 34.2 Å². The Morgan fingerprint density at radius 3 is 2.46 bits per heavy atom. The summed E-state index contributed by atoms with van der Waals surface area (Å²) in [6, 6.07) is 16.1. The van der Waals surface area contributed by atoms with Crippen molar-refractivity contribution in [2.45, 2.75) is 37.6 Å². The van der Waals surface area contributed by atoms with Crippen molar-refractivity contribution in [3.05, 3.63) is 83.8 Å². The summed E-state index contributed by atoms with van der Waals surface area (Å²) in [5, 5.41) is 7.48. The lowest BCUT2D eigenvalue weighted by atomic mass is 10.0. The average Bonchev–Trinajstić information content (AvgIpc) is 3.59. The summed E-state index contributed by atoms with van der Waals surface area (Å²) in [5.41, 5.74) is 8.38. The Balaban J connectivity index is 0.000000442. The molecule has 0 unspecified atom stereocenters. The first-order chi connectivity index (χ1) is 23.0. The van der Waals surface area contributed by atoms with Gasteiger partial charge in [-0.15, -0.1) is 12.8 Å². The SMILES string of the molecule is C#C.CCS(=O)(=O)c1ccc(NC(=O)OC)cc1[C@H]1CCCN1C(=O)CNc1ccc2c(N)nccc2c1.COc1ccc(F)cc1C. The number of hydrogen-bond acceptors (Lipinski definition) is 9. The second-order valence-corrected chi connectivity index (χ2v) is 12.9. The average molecular weight is 678 g/mol. The number of pyridine rings is 1. The van der Waals surface area contributed by atoms with Gasteiger partial charge in [0.05, 0.1) is 37.5 Å². The summed E-state index contributed by atoms with van der Waals surface area (Å²) in [6.45, 7) is 3.93. The highest BCUT2D eigenvalue weighted by Gasteiger charge is 2.33. The molecule has 254 valence electrons. The van der Waals surface area contributed by atoms with Crippen LogP contribution in [0.3, 0.4) is 0 Å². The normalized spacial score (nSPS) is 13.7. The van der Waals surface area contributed by atoms with Gasteiger partial charge in [-0.05, 0) is 96.9 Å². The van der Waals surface area contributed by atoms with Crippen molar-refractivity contribution in [3.63, 3.8) is 0 Å². The number of methoxy groups -OCH3 is 2. The third-order valence-electron chi connectivity index (χ3n) is 7.68. The van der Waals surface area contributed by atoms with E-state index in [-0.39, 0.29) is 28.9 Å². The molecule has 1 fully saturated rings. The minimum Gasteiger partial charge on any atom is -0.496 e. The van der Waals surface area contributed by atoms with Crippen molar-refractivity contribution < 1.29 is 31.9 Å². The Hall–Kier alpha value is -5.35. The Labute approximate surface area is 280 Å². The van der Waals surface area contributed by atoms with Gasteiger partial charge in [-0.3, -0.25) is 10.1 Å². The van der Waals surface area contributed by atoms with E-state index in [9.17, 15) is 22.4 Å². The van der Waals surface area contributed by atoms with E-state index in [1.807, 2.05) is 31.2 Å². The van der Waals surface area contributed by atoms with E-state index in [1.54, 1.807) is 37.3 Å². The first kappa shape index (κ1) is 37.1. The van der Waals surface area contributed by atoms with Crippen molar-refractivity contribution >= 4 is 49.8 Å². The second kappa shape index (κ2) is 17.0. The number of nitrogens with one attached hydrogen (secondary N) is 2. The lowest BCUT2D eigenvalue weighted by Gasteiger charge is -2.27. The number of halogens is 1. The highest BCUT2D eigenvalue weighted by molar-refractivity contribution is 7.91. The van der Waals surface area contributed by atoms with E-state index in [0.29, 0.717) is 30.0 Å². The van der Waals surface area contributed by atoms with Gasteiger partial charge in [0.1, 0.15) is 17.4 Å². The summed E-state index contributed by atoms with van der Waals surface area (Å²) >= 11 is 0. The van der Waals surface area contributed by atoms with E-state index in [1.165, 1.54) is 31.4 Å². The molecule has 1 aromatic heterocycles. The second-order valence-electron chi connectivity index (χ2n) is 10.6. The largest absolute Gasteiger partial charge is 0.496 e. The number of rotatable bonds is 8. The number of anilines is 3. The van der Waals surface area contributed by atoms with Gasteiger partial charge >= 0.3 is 6.09 Å². The zero-order chi connectivity index (χ0) is 35.4. The quantitative estimate of drug-likeness (QED) is 0.192. The lowest BCUT2D eigenvalue weighted by molar-refractivity contribution is -0.130. The number of nitrogens with two attached hydrogens (primary N) is 1. The Morgan fingerprint density at radius 2 is 1.79 bits per heavy atom. The summed E-state index contributed by atoms with van der Waals surface area (Å²) in [6.07, 6.45) is 10.3. The van der Waals surface area contributed by atoms with Crippen LogP contribution in [-0.4, -0.2) is 63.4 Å².